The second kappa shape index (κ2) is 6.31. The van der Waals surface area contributed by atoms with Crippen LogP contribution in [0, 0.1) is 0 Å². The van der Waals surface area contributed by atoms with Crippen molar-refractivity contribution in [3.8, 4) is 0 Å². The molecule has 0 fully saturated rings. The lowest BCUT2D eigenvalue weighted by Gasteiger charge is -2.07. The molecule has 1 heterocycles. The molecule has 1 aromatic heterocycles. The number of rotatable bonds is 5. The summed E-state index contributed by atoms with van der Waals surface area (Å²) in [5, 5.41) is 0. The van der Waals surface area contributed by atoms with Crippen molar-refractivity contribution in [3.63, 3.8) is 0 Å². The number of pyridine rings is 1. The molecule has 0 unspecified atom stereocenters. The fourth-order valence-corrected chi connectivity index (χ4v) is 1.78. The summed E-state index contributed by atoms with van der Waals surface area (Å²) >= 11 is 0. The number of nitrogens with zero attached hydrogens (tertiary/aromatic N) is 1. The molecule has 1 aromatic rings. The zero-order valence-electron chi connectivity index (χ0n) is 10.5. The predicted octanol–water partition coefficient (Wildman–Crippen LogP) is 3.37. The van der Waals surface area contributed by atoms with E-state index in [4.69, 9.17) is 0 Å². The van der Waals surface area contributed by atoms with Crippen LogP contribution in [0.3, 0.4) is 0 Å². The molecule has 0 radical (unpaired) electrons. The van der Waals surface area contributed by atoms with Crippen molar-refractivity contribution in [2.75, 3.05) is 0 Å². The third-order valence-corrected chi connectivity index (χ3v) is 2.67. The van der Waals surface area contributed by atoms with Gasteiger partial charge in [-0.1, -0.05) is 32.8 Å². The van der Waals surface area contributed by atoms with Crippen molar-refractivity contribution in [2.24, 2.45) is 7.05 Å². The summed E-state index contributed by atoms with van der Waals surface area (Å²) in [4.78, 5) is 12.0. The Hall–Kier alpha value is -1.31. The number of unbranched alkanes of at least 4 members (excludes halogenated alkanes) is 1. The number of hydrogen-bond donors (Lipinski definition) is 0. The molecular formula is C14H21NO. The van der Waals surface area contributed by atoms with E-state index in [0.717, 1.165) is 31.2 Å². The first kappa shape index (κ1) is 12.8. The van der Waals surface area contributed by atoms with Gasteiger partial charge in [0, 0.05) is 18.8 Å². The number of aryl methyl sites for hydroxylation is 1. The van der Waals surface area contributed by atoms with Gasteiger partial charge in [-0.15, -0.1) is 0 Å². The number of aromatic nitrogens is 1. The van der Waals surface area contributed by atoms with E-state index in [1.54, 1.807) is 17.8 Å². The van der Waals surface area contributed by atoms with Gasteiger partial charge in [-0.25, -0.2) is 0 Å². The van der Waals surface area contributed by atoms with Crippen molar-refractivity contribution >= 4 is 5.57 Å². The molecule has 0 amide bonds. The standard InChI is InChI=1S/C14H21NO/c1-4-6-9-12(8-5-2)13-10-7-11-15(3)14(13)16/h7,9-11H,4-6,8H2,1-3H3/b12-9+. The lowest BCUT2D eigenvalue weighted by atomic mass is 10.0. The van der Waals surface area contributed by atoms with E-state index in [-0.39, 0.29) is 5.56 Å². The zero-order valence-corrected chi connectivity index (χ0v) is 10.5. The summed E-state index contributed by atoms with van der Waals surface area (Å²) in [5.74, 6) is 0. The van der Waals surface area contributed by atoms with Crippen LogP contribution in [0.4, 0.5) is 0 Å². The molecule has 0 spiro atoms. The Morgan fingerprint density at radius 3 is 2.75 bits per heavy atom. The first-order valence-electron chi connectivity index (χ1n) is 6.05. The topological polar surface area (TPSA) is 22.0 Å². The van der Waals surface area contributed by atoms with Gasteiger partial charge < -0.3 is 4.57 Å². The average molecular weight is 219 g/mol. The maximum absolute atomic E-state index is 12.0. The van der Waals surface area contributed by atoms with Crippen LogP contribution in [0.5, 0.6) is 0 Å². The summed E-state index contributed by atoms with van der Waals surface area (Å²) < 4.78 is 1.64. The average Bonchev–Trinajstić information content (AvgIpc) is 2.28. The summed E-state index contributed by atoms with van der Waals surface area (Å²) in [7, 11) is 1.80. The molecule has 0 aromatic carbocycles. The van der Waals surface area contributed by atoms with E-state index < -0.39 is 0 Å². The van der Waals surface area contributed by atoms with Crippen LogP contribution in [0.2, 0.25) is 0 Å². The third-order valence-electron chi connectivity index (χ3n) is 2.67. The molecule has 0 saturated carbocycles. The van der Waals surface area contributed by atoms with E-state index in [9.17, 15) is 4.79 Å². The van der Waals surface area contributed by atoms with Crippen molar-refractivity contribution in [2.45, 2.75) is 39.5 Å². The van der Waals surface area contributed by atoms with E-state index in [0.29, 0.717) is 0 Å². The largest absolute Gasteiger partial charge is 0.318 e. The lowest BCUT2D eigenvalue weighted by Crippen LogP contribution is -2.19. The van der Waals surface area contributed by atoms with Gasteiger partial charge in [0.05, 0.1) is 0 Å². The third kappa shape index (κ3) is 3.09. The van der Waals surface area contributed by atoms with Crippen molar-refractivity contribution in [1.82, 2.24) is 4.57 Å². The molecule has 16 heavy (non-hydrogen) atoms. The van der Waals surface area contributed by atoms with Crippen LogP contribution in [-0.4, -0.2) is 4.57 Å². The smallest absolute Gasteiger partial charge is 0.257 e. The van der Waals surface area contributed by atoms with Gasteiger partial charge >= 0.3 is 0 Å². The SMILES string of the molecule is CCC/C=C(\CCC)c1cccn(C)c1=O. The number of allylic oxidation sites excluding steroid dienone is 2. The van der Waals surface area contributed by atoms with Gasteiger partial charge in [0.1, 0.15) is 0 Å². The van der Waals surface area contributed by atoms with Crippen LogP contribution >= 0.6 is 0 Å². The molecule has 2 heteroatoms. The van der Waals surface area contributed by atoms with Crippen LogP contribution in [0.15, 0.2) is 29.2 Å². The predicted molar refractivity (Wildman–Crippen MR) is 69.5 cm³/mol. The highest BCUT2D eigenvalue weighted by molar-refractivity contribution is 5.64. The Morgan fingerprint density at radius 1 is 1.38 bits per heavy atom. The van der Waals surface area contributed by atoms with Crippen LogP contribution in [-0.2, 0) is 7.05 Å². The van der Waals surface area contributed by atoms with Crippen molar-refractivity contribution < 1.29 is 0 Å². The van der Waals surface area contributed by atoms with E-state index >= 15 is 0 Å². The first-order valence-corrected chi connectivity index (χ1v) is 6.05. The quantitative estimate of drug-likeness (QED) is 0.744. The second-order valence-electron chi connectivity index (χ2n) is 4.11. The first-order chi connectivity index (χ1) is 7.70. The summed E-state index contributed by atoms with van der Waals surface area (Å²) in [5.41, 5.74) is 2.17. The fraction of sp³-hybridized carbons (Fsp3) is 0.500. The second-order valence-corrected chi connectivity index (χ2v) is 4.11. The van der Waals surface area contributed by atoms with E-state index in [2.05, 4.69) is 19.9 Å². The normalized spacial score (nSPS) is 11.8. The highest BCUT2D eigenvalue weighted by Gasteiger charge is 2.05. The Balaban J connectivity index is 3.11. The molecule has 1 rings (SSSR count). The maximum atomic E-state index is 12.0. The summed E-state index contributed by atoms with van der Waals surface area (Å²) in [6, 6.07) is 3.87. The van der Waals surface area contributed by atoms with Gasteiger partial charge in [-0.05, 0) is 30.5 Å². The molecular weight excluding hydrogens is 198 g/mol. The highest BCUT2D eigenvalue weighted by atomic mass is 16.1. The molecule has 0 atom stereocenters. The van der Waals surface area contributed by atoms with Gasteiger partial charge in [-0.3, -0.25) is 4.79 Å². The summed E-state index contributed by atoms with van der Waals surface area (Å²) in [6.07, 6.45) is 8.25. The minimum absolute atomic E-state index is 0.110. The zero-order chi connectivity index (χ0) is 12.0. The van der Waals surface area contributed by atoms with Crippen molar-refractivity contribution in [1.29, 1.82) is 0 Å². The van der Waals surface area contributed by atoms with Gasteiger partial charge in [0.15, 0.2) is 0 Å². The Morgan fingerprint density at radius 2 is 2.12 bits per heavy atom. The van der Waals surface area contributed by atoms with Gasteiger partial charge in [0.25, 0.3) is 5.56 Å². The van der Waals surface area contributed by atoms with Crippen LogP contribution in [0.25, 0.3) is 5.57 Å². The number of hydrogen-bond acceptors (Lipinski definition) is 1. The van der Waals surface area contributed by atoms with Crippen molar-refractivity contribution in [3.05, 3.63) is 40.3 Å². The minimum Gasteiger partial charge on any atom is -0.318 e. The molecule has 0 aliphatic carbocycles. The Labute approximate surface area is 97.6 Å². The lowest BCUT2D eigenvalue weighted by molar-refractivity contribution is 0.849. The molecule has 0 bridgehead atoms. The monoisotopic (exact) mass is 219 g/mol. The molecule has 0 aliphatic rings. The minimum atomic E-state index is 0.110. The Kier molecular flexibility index (Phi) is 5.03. The molecule has 0 saturated heterocycles. The fourth-order valence-electron chi connectivity index (χ4n) is 1.78. The Bertz CT molecular complexity index is 415. The van der Waals surface area contributed by atoms with E-state index in [1.807, 2.05) is 12.1 Å². The van der Waals surface area contributed by atoms with Gasteiger partial charge in [0.2, 0.25) is 0 Å². The molecule has 2 nitrogen and oxygen atoms in total. The van der Waals surface area contributed by atoms with Crippen LogP contribution < -0.4 is 5.56 Å². The van der Waals surface area contributed by atoms with Gasteiger partial charge in [-0.2, -0.15) is 0 Å². The van der Waals surface area contributed by atoms with Crippen LogP contribution in [0.1, 0.15) is 45.1 Å². The molecule has 0 aliphatic heterocycles. The van der Waals surface area contributed by atoms with E-state index in [1.165, 1.54) is 5.57 Å². The molecule has 0 N–H and O–H groups in total. The highest BCUT2D eigenvalue weighted by Crippen LogP contribution is 2.17. The maximum Gasteiger partial charge on any atom is 0.257 e. The summed E-state index contributed by atoms with van der Waals surface area (Å²) in [6.45, 7) is 4.30. The molecule has 88 valence electrons.